The van der Waals surface area contributed by atoms with Gasteiger partial charge in [-0.25, -0.2) is 0 Å². The zero-order valence-electron chi connectivity index (χ0n) is 11.1. The zero-order valence-corrected chi connectivity index (χ0v) is 11.8. The maximum atomic E-state index is 12.6. The van der Waals surface area contributed by atoms with Crippen LogP contribution in [0.25, 0.3) is 0 Å². The van der Waals surface area contributed by atoms with Crippen molar-refractivity contribution in [2.45, 2.75) is 25.3 Å². The van der Waals surface area contributed by atoms with Crippen molar-refractivity contribution in [3.05, 3.63) is 28.8 Å². The van der Waals surface area contributed by atoms with Gasteiger partial charge >= 0.3 is 0 Å². The van der Waals surface area contributed by atoms with Crippen LogP contribution < -0.4 is 10.5 Å². The third kappa shape index (κ3) is 3.01. The SMILES string of the molecule is COc1cc(Cl)ccc1C(=O)N1CCCCC1CN. The fourth-order valence-corrected chi connectivity index (χ4v) is 2.67. The van der Waals surface area contributed by atoms with E-state index in [2.05, 4.69) is 0 Å². The molecule has 104 valence electrons. The standard InChI is InChI=1S/C14H19ClN2O2/c1-19-13-8-10(15)5-6-12(13)14(18)17-7-3-2-4-11(17)9-16/h5-6,8,11H,2-4,7,9,16H2,1H3. The van der Waals surface area contributed by atoms with Crippen molar-refractivity contribution >= 4 is 17.5 Å². The smallest absolute Gasteiger partial charge is 0.257 e. The summed E-state index contributed by atoms with van der Waals surface area (Å²) in [6, 6.07) is 5.21. The van der Waals surface area contributed by atoms with Crippen LogP contribution in [0.5, 0.6) is 5.75 Å². The van der Waals surface area contributed by atoms with Crippen LogP contribution in [-0.4, -0.2) is 37.0 Å². The predicted octanol–water partition coefficient (Wildman–Crippen LogP) is 2.30. The van der Waals surface area contributed by atoms with Crippen molar-refractivity contribution in [1.82, 2.24) is 4.90 Å². The van der Waals surface area contributed by atoms with Crippen LogP contribution in [0, 0.1) is 0 Å². The van der Waals surface area contributed by atoms with Gasteiger partial charge in [-0.3, -0.25) is 4.79 Å². The molecule has 2 rings (SSSR count). The lowest BCUT2D eigenvalue weighted by molar-refractivity contribution is 0.0620. The Kier molecular flexibility index (Phi) is 4.66. The molecule has 19 heavy (non-hydrogen) atoms. The van der Waals surface area contributed by atoms with Crippen LogP contribution in [0.1, 0.15) is 29.6 Å². The van der Waals surface area contributed by atoms with Gasteiger partial charge in [0.2, 0.25) is 0 Å². The topological polar surface area (TPSA) is 55.6 Å². The molecule has 1 atom stereocenters. The van der Waals surface area contributed by atoms with Crippen molar-refractivity contribution in [3.8, 4) is 5.75 Å². The lowest BCUT2D eigenvalue weighted by Crippen LogP contribution is -2.47. The quantitative estimate of drug-likeness (QED) is 0.925. The highest BCUT2D eigenvalue weighted by molar-refractivity contribution is 6.30. The Morgan fingerprint density at radius 3 is 3.00 bits per heavy atom. The molecule has 1 fully saturated rings. The molecule has 1 aromatic rings. The van der Waals surface area contributed by atoms with Gasteiger partial charge in [0.05, 0.1) is 12.7 Å². The molecule has 0 aromatic heterocycles. The third-order valence-corrected chi connectivity index (χ3v) is 3.79. The summed E-state index contributed by atoms with van der Waals surface area (Å²) in [6.07, 6.45) is 3.12. The average Bonchev–Trinajstić information content (AvgIpc) is 2.46. The number of likely N-dealkylation sites (tertiary alicyclic amines) is 1. The number of methoxy groups -OCH3 is 1. The highest BCUT2D eigenvalue weighted by Gasteiger charge is 2.28. The van der Waals surface area contributed by atoms with Crippen molar-refractivity contribution in [2.75, 3.05) is 20.2 Å². The molecule has 0 bridgehead atoms. The van der Waals surface area contributed by atoms with Crippen LogP contribution in [-0.2, 0) is 0 Å². The molecule has 1 amide bonds. The first-order valence-electron chi connectivity index (χ1n) is 6.52. The van der Waals surface area contributed by atoms with E-state index in [1.165, 1.54) is 0 Å². The molecule has 1 aliphatic heterocycles. The molecule has 5 heteroatoms. The summed E-state index contributed by atoms with van der Waals surface area (Å²) in [4.78, 5) is 14.5. The van der Waals surface area contributed by atoms with E-state index in [0.717, 1.165) is 25.8 Å². The number of amides is 1. The van der Waals surface area contributed by atoms with Crippen LogP contribution in [0.2, 0.25) is 5.02 Å². The number of halogens is 1. The summed E-state index contributed by atoms with van der Waals surface area (Å²) in [6.45, 7) is 1.26. The van der Waals surface area contributed by atoms with Crippen molar-refractivity contribution in [2.24, 2.45) is 5.73 Å². The molecule has 1 unspecified atom stereocenters. The maximum Gasteiger partial charge on any atom is 0.257 e. The van der Waals surface area contributed by atoms with E-state index in [0.29, 0.717) is 22.9 Å². The normalized spacial score (nSPS) is 19.3. The van der Waals surface area contributed by atoms with Gasteiger partial charge in [0, 0.05) is 24.2 Å². The second-order valence-corrected chi connectivity index (χ2v) is 5.16. The fraction of sp³-hybridized carbons (Fsp3) is 0.500. The van der Waals surface area contributed by atoms with Crippen LogP contribution in [0.3, 0.4) is 0 Å². The van der Waals surface area contributed by atoms with Gasteiger partial charge < -0.3 is 15.4 Å². The largest absolute Gasteiger partial charge is 0.496 e. The second-order valence-electron chi connectivity index (χ2n) is 4.73. The monoisotopic (exact) mass is 282 g/mol. The summed E-state index contributed by atoms with van der Waals surface area (Å²) in [5, 5.41) is 0.558. The molecule has 4 nitrogen and oxygen atoms in total. The Bertz CT molecular complexity index is 465. The number of ether oxygens (including phenoxy) is 1. The number of hydrogen-bond acceptors (Lipinski definition) is 3. The zero-order chi connectivity index (χ0) is 13.8. The highest BCUT2D eigenvalue weighted by atomic mass is 35.5. The number of nitrogens with zero attached hydrogens (tertiary/aromatic N) is 1. The first-order valence-corrected chi connectivity index (χ1v) is 6.89. The molecule has 1 heterocycles. The summed E-state index contributed by atoms with van der Waals surface area (Å²) < 4.78 is 5.24. The van der Waals surface area contributed by atoms with Crippen LogP contribution >= 0.6 is 11.6 Å². The third-order valence-electron chi connectivity index (χ3n) is 3.55. The van der Waals surface area contributed by atoms with E-state index in [1.807, 2.05) is 4.90 Å². The van der Waals surface area contributed by atoms with E-state index >= 15 is 0 Å². The number of nitrogens with two attached hydrogens (primary N) is 1. The molecular weight excluding hydrogens is 264 g/mol. The molecule has 0 spiro atoms. The van der Waals surface area contributed by atoms with E-state index in [4.69, 9.17) is 22.1 Å². The van der Waals surface area contributed by atoms with Gasteiger partial charge in [-0.2, -0.15) is 0 Å². The van der Waals surface area contributed by atoms with Gasteiger partial charge in [-0.05, 0) is 37.5 Å². The van der Waals surface area contributed by atoms with E-state index in [9.17, 15) is 4.79 Å². The van der Waals surface area contributed by atoms with Crippen LogP contribution in [0.4, 0.5) is 0 Å². The number of benzene rings is 1. The van der Waals surface area contributed by atoms with Crippen LogP contribution in [0.15, 0.2) is 18.2 Å². The molecular formula is C14H19ClN2O2. The van der Waals surface area contributed by atoms with Gasteiger partial charge in [-0.1, -0.05) is 11.6 Å². The molecule has 2 N–H and O–H groups in total. The number of piperidine rings is 1. The minimum atomic E-state index is -0.0244. The minimum absolute atomic E-state index is 0.0244. The molecule has 0 radical (unpaired) electrons. The Hall–Kier alpha value is -1.26. The Morgan fingerprint density at radius 1 is 1.53 bits per heavy atom. The molecule has 1 saturated heterocycles. The van der Waals surface area contributed by atoms with Crippen molar-refractivity contribution in [3.63, 3.8) is 0 Å². The maximum absolute atomic E-state index is 12.6. The van der Waals surface area contributed by atoms with E-state index in [-0.39, 0.29) is 11.9 Å². The molecule has 1 aliphatic rings. The van der Waals surface area contributed by atoms with Gasteiger partial charge in [-0.15, -0.1) is 0 Å². The summed E-state index contributed by atoms with van der Waals surface area (Å²) in [5.41, 5.74) is 6.31. The molecule has 0 saturated carbocycles. The summed E-state index contributed by atoms with van der Waals surface area (Å²) >= 11 is 5.92. The first-order chi connectivity index (χ1) is 9.17. The first kappa shape index (κ1) is 14.2. The Balaban J connectivity index is 2.27. The predicted molar refractivity (Wildman–Crippen MR) is 75.7 cm³/mol. The van der Waals surface area contributed by atoms with Crippen molar-refractivity contribution in [1.29, 1.82) is 0 Å². The van der Waals surface area contributed by atoms with Crippen molar-refractivity contribution < 1.29 is 9.53 Å². The summed E-state index contributed by atoms with van der Waals surface area (Å²) in [7, 11) is 1.54. The van der Waals surface area contributed by atoms with E-state index < -0.39 is 0 Å². The number of carbonyl (C=O) groups excluding carboxylic acids is 1. The summed E-state index contributed by atoms with van der Waals surface area (Å²) in [5.74, 6) is 0.488. The average molecular weight is 283 g/mol. The van der Waals surface area contributed by atoms with Gasteiger partial charge in [0.25, 0.3) is 5.91 Å². The molecule has 0 aliphatic carbocycles. The van der Waals surface area contributed by atoms with Gasteiger partial charge in [0.1, 0.15) is 5.75 Å². The molecule has 1 aromatic carbocycles. The van der Waals surface area contributed by atoms with Gasteiger partial charge in [0.15, 0.2) is 0 Å². The lowest BCUT2D eigenvalue weighted by Gasteiger charge is -2.35. The fourth-order valence-electron chi connectivity index (χ4n) is 2.51. The Morgan fingerprint density at radius 2 is 2.32 bits per heavy atom. The lowest BCUT2D eigenvalue weighted by atomic mass is 10.0. The number of hydrogen-bond donors (Lipinski definition) is 1. The number of carbonyl (C=O) groups is 1. The van der Waals surface area contributed by atoms with E-state index in [1.54, 1.807) is 25.3 Å². The number of rotatable bonds is 3. The Labute approximate surface area is 118 Å². The second kappa shape index (κ2) is 6.26. The highest BCUT2D eigenvalue weighted by Crippen LogP contribution is 2.27. The minimum Gasteiger partial charge on any atom is -0.496 e.